The monoisotopic (exact) mass is 329 g/mol. The second kappa shape index (κ2) is 6.25. The first-order valence-electron chi connectivity index (χ1n) is 5.96. The molecule has 0 aliphatic carbocycles. The standard InChI is InChI=1S/C13H16BrNO4/c1-8(6-17-2)13(16)15-5-9-3-10(14)12-11(4-9)18-7-19-12/h3-4,8H,5-7H2,1-2H3,(H,15,16)/t8-/m1/s1. The number of nitrogens with one attached hydrogen (secondary N) is 1. The van der Waals surface area contributed by atoms with Crippen molar-refractivity contribution in [1.82, 2.24) is 5.32 Å². The minimum Gasteiger partial charge on any atom is -0.454 e. The molecular formula is C13H16BrNO4. The van der Waals surface area contributed by atoms with E-state index in [1.54, 1.807) is 7.11 Å². The van der Waals surface area contributed by atoms with Crippen molar-refractivity contribution < 1.29 is 19.0 Å². The summed E-state index contributed by atoms with van der Waals surface area (Å²) in [6.07, 6.45) is 0. The van der Waals surface area contributed by atoms with Crippen LogP contribution in [0.5, 0.6) is 11.5 Å². The van der Waals surface area contributed by atoms with E-state index in [9.17, 15) is 4.79 Å². The quantitative estimate of drug-likeness (QED) is 0.898. The van der Waals surface area contributed by atoms with Gasteiger partial charge >= 0.3 is 0 Å². The number of hydrogen-bond acceptors (Lipinski definition) is 4. The predicted octanol–water partition coefficient (Wildman–Crippen LogP) is 2.08. The topological polar surface area (TPSA) is 56.8 Å². The van der Waals surface area contributed by atoms with Crippen LogP contribution in [0.25, 0.3) is 0 Å². The minimum absolute atomic E-state index is 0.0318. The molecule has 1 N–H and O–H groups in total. The number of carbonyl (C=O) groups is 1. The molecule has 0 bridgehead atoms. The van der Waals surface area contributed by atoms with Gasteiger partial charge in [-0.2, -0.15) is 0 Å². The van der Waals surface area contributed by atoms with Gasteiger partial charge in [0.25, 0.3) is 0 Å². The van der Waals surface area contributed by atoms with Crippen molar-refractivity contribution in [1.29, 1.82) is 0 Å². The van der Waals surface area contributed by atoms with Crippen LogP contribution in [0.4, 0.5) is 0 Å². The second-order valence-corrected chi connectivity index (χ2v) is 5.24. The fraction of sp³-hybridized carbons (Fsp3) is 0.462. The Morgan fingerprint density at radius 2 is 2.32 bits per heavy atom. The maximum absolute atomic E-state index is 11.8. The average molecular weight is 330 g/mol. The molecule has 5 nitrogen and oxygen atoms in total. The summed E-state index contributed by atoms with van der Waals surface area (Å²) in [7, 11) is 1.58. The summed E-state index contributed by atoms with van der Waals surface area (Å²) in [5.74, 6) is 1.21. The van der Waals surface area contributed by atoms with Crippen molar-refractivity contribution in [2.24, 2.45) is 5.92 Å². The summed E-state index contributed by atoms with van der Waals surface area (Å²) in [4.78, 5) is 11.8. The Bertz CT molecular complexity index is 478. The molecule has 2 rings (SSSR count). The highest BCUT2D eigenvalue weighted by atomic mass is 79.9. The third-order valence-corrected chi connectivity index (χ3v) is 3.41. The van der Waals surface area contributed by atoms with Crippen LogP contribution in [-0.2, 0) is 16.1 Å². The number of halogens is 1. The average Bonchev–Trinajstić information content (AvgIpc) is 2.85. The number of amides is 1. The fourth-order valence-electron chi connectivity index (χ4n) is 1.81. The van der Waals surface area contributed by atoms with E-state index >= 15 is 0 Å². The number of methoxy groups -OCH3 is 1. The fourth-order valence-corrected chi connectivity index (χ4v) is 2.42. The summed E-state index contributed by atoms with van der Waals surface area (Å²) in [6, 6.07) is 3.78. The SMILES string of the molecule is COC[C@@H](C)C(=O)NCc1cc(Br)c2c(c1)OCO2. The largest absolute Gasteiger partial charge is 0.454 e. The molecule has 0 unspecified atom stereocenters. The normalized spacial score (nSPS) is 14.3. The number of fused-ring (bicyclic) bond motifs is 1. The van der Waals surface area contributed by atoms with E-state index < -0.39 is 0 Å². The van der Waals surface area contributed by atoms with Crippen molar-refractivity contribution in [2.75, 3.05) is 20.5 Å². The Labute approximate surface area is 120 Å². The Hall–Kier alpha value is -1.27. The summed E-state index contributed by atoms with van der Waals surface area (Å²) < 4.78 is 16.4. The van der Waals surface area contributed by atoms with Crippen molar-refractivity contribution in [2.45, 2.75) is 13.5 Å². The van der Waals surface area contributed by atoms with Crippen molar-refractivity contribution in [3.05, 3.63) is 22.2 Å². The Kier molecular flexibility index (Phi) is 4.66. The smallest absolute Gasteiger partial charge is 0.231 e. The summed E-state index contributed by atoms with van der Waals surface area (Å²) in [6.45, 7) is 2.92. The Morgan fingerprint density at radius 3 is 3.05 bits per heavy atom. The van der Waals surface area contributed by atoms with Gasteiger partial charge < -0.3 is 19.5 Å². The molecule has 0 fully saturated rings. The van der Waals surface area contributed by atoms with Gasteiger partial charge in [-0.3, -0.25) is 4.79 Å². The van der Waals surface area contributed by atoms with E-state index in [-0.39, 0.29) is 18.6 Å². The Morgan fingerprint density at radius 1 is 1.53 bits per heavy atom. The van der Waals surface area contributed by atoms with Gasteiger partial charge in [-0.25, -0.2) is 0 Å². The number of carbonyl (C=O) groups excluding carboxylic acids is 1. The van der Waals surface area contributed by atoms with Crippen LogP contribution in [0.15, 0.2) is 16.6 Å². The predicted molar refractivity (Wildman–Crippen MR) is 73.2 cm³/mol. The molecule has 0 saturated heterocycles. The number of rotatable bonds is 5. The lowest BCUT2D eigenvalue weighted by Crippen LogP contribution is -2.30. The van der Waals surface area contributed by atoms with Crippen LogP contribution in [0, 0.1) is 5.92 Å². The number of hydrogen-bond donors (Lipinski definition) is 1. The molecule has 0 radical (unpaired) electrons. The Balaban J connectivity index is 1.97. The van der Waals surface area contributed by atoms with Crippen molar-refractivity contribution in [3.8, 4) is 11.5 Å². The molecule has 1 atom stereocenters. The highest BCUT2D eigenvalue weighted by molar-refractivity contribution is 9.10. The van der Waals surface area contributed by atoms with E-state index in [1.807, 2.05) is 19.1 Å². The first kappa shape index (κ1) is 14.1. The van der Waals surface area contributed by atoms with Gasteiger partial charge in [-0.1, -0.05) is 6.92 Å². The molecule has 1 aromatic rings. The van der Waals surface area contributed by atoms with Crippen molar-refractivity contribution >= 4 is 21.8 Å². The van der Waals surface area contributed by atoms with Gasteiger partial charge in [0.2, 0.25) is 12.7 Å². The summed E-state index contributed by atoms with van der Waals surface area (Å²) in [5, 5.41) is 2.87. The van der Waals surface area contributed by atoms with Crippen LogP contribution in [0.1, 0.15) is 12.5 Å². The summed E-state index contributed by atoms with van der Waals surface area (Å²) in [5.41, 5.74) is 0.953. The molecule has 0 spiro atoms. The highest BCUT2D eigenvalue weighted by Gasteiger charge is 2.18. The zero-order valence-electron chi connectivity index (χ0n) is 10.9. The molecule has 1 amide bonds. The van der Waals surface area contributed by atoms with E-state index in [2.05, 4.69) is 21.2 Å². The molecule has 0 saturated carbocycles. The van der Waals surface area contributed by atoms with E-state index in [0.717, 1.165) is 10.0 Å². The van der Waals surface area contributed by atoms with Gasteiger partial charge in [-0.05, 0) is 33.6 Å². The van der Waals surface area contributed by atoms with E-state index in [4.69, 9.17) is 14.2 Å². The van der Waals surface area contributed by atoms with Gasteiger partial charge in [0.05, 0.1) is 17.0 Å². The zero-order valence-corrected chi connectivity index (χ0v) is 12.5. The molecule has 1 heterocycles. The lowest BCUT2D eigenvalue weighted by Gasteiger charge is -2.11. The summed E-state index contributed by atoms with van der Waals surface area (Å²) >= 11 is 3.42. The van der Waals surface area contributed by atoms with Gasteiger partial charge in [0.15, 0.2) is 11.5 Å². The number of benzene rings is 1. The first-order valence-corrected chi connectivity index (χ1v) is 6.75. The molecule has 1 aliphatic rings. The van der Waals surface area contributed by atoms with Crippen LogP contribution in [-0.4, -0.2) is 26.4 Å². The van der Waals surface area contributed by atoms with Crippen molar-refractivity contribution in [3.63, 3.8) is 0 Å². The third kappa shape index (κ3) is 3.39. The van der Waals surface area contributed by atoms with E-state index in [1.165, 1.54) is 0 Å². The third-order valence-electron chi connectivity index (χ3n) is 2.82. The van der Waals surface area contributed by atoms with Crippen LogP contribution in [0.2, 0.25) is 0 Å². The maximum atomic E-state index is 11.8. The molecule has 0 aromatic heterocycles. The lowest BCUT2D eigenvalue weighted by molar-refractivity contribution is -0.126. The van der Waals surface area contributed by atoms with Crippen LogP contribution < -0.4 is 14.8 Å². The lowest BCUT2D eigenvalue weighted by atomic mass is 10.1. The first-order chi connectivity index (χ1) is 9.11. The molecule has 1 aliphatic heterocycles. The van der Waals surface area contributed by atoms with Gasteiger partial charge in [0, 0.05) is 13.7 Å². The van der Waals surface area contributed by atoms with Gasteiger partial charge in [-0.15, -0.1) is 0 Å². The van der Waals surface area contributed by atoms with Gasteiger partial charge in [0.1, 0.15) is 0 Å². The zero-order chi connectivity index (χ0) is 13.8. The minimum atomic E-state index is -0.164. The molecular weight excluding hydrogens is 314 g/mol. The number of ether oxygens (including phenoxy) is 3. The molecule has 6 heteroatoms. The highest BCUT2D eigenvalue weighted by Crippen LogP contribution is 2.39. The maximum Gasteiger partial charge on any atom is 0.231 e. The van der Waals surface area contributed by atoms with Crippen LogP contribution in [0.3, 0.4) is 0 Å². The van der Waals surface area contributed by atoms with Crippen LogP contribution >= 0.6 is 15.9 Å². The van der Waals surface area contributed by atoms with E-state index in [0.29, 0.717) is 24.7 Å². The molecule has 104 valence electrons. The second-order valence-electron chi connectivity index (χ2n) is 4.39. The molecule has 1 aromatic carbocycles. The molecule has 19 heavy (non-hydrogen) atoms.